The summed E-state index contributed by atoms with van der Waals surface area (Å²) < 4.78 is 36.0. The number of esters is 1. The number of rotatable bonds is 7. The van der Waals surface area contributed by atoms with Crippen molar-refractivity contribution in [3.05, 3.63) is 53.1 Å². The minimum Gasteiger partial charge on any atom is -0.495 e. The molecule has 2 aromatic rings. The summed E-state index contributed by atoms with van der Waals surface area (Å²) >= 11 is 5.97. The molecule has 2 aromatic carbocycles. The number of methoxy groups -OCH3 is 1. The van der Waals surface area contributed by atoms with Crippen molar-refractivity contribution < 1.29 is 27.5 Å². The van der Waals surface area contributed by atoms with Gasteiger partial charge in [-0.25, -0.2) is 17.5 Å². The Kier molecular flexibility index (Phi) is 7.23. The molecule has 0 saturated heterocycles. The van der Waals surface area contributed by atoms with Gasteiger partial charge in [0.15, 0.2) is 6.10 Å². The number of para-hydroxylation sites is 2. The Balaban J connectivity index is 2.16. The van der Waals surface area contributed by atoms with E-state index in [4.69, 9.17) is 21.1 Å². The zero-order valence-electron chi connectivity index (χ0n) is 16.3. The van der Waals surface area contributed by atoms with Gasteiger partial charge in [-0.1, -0.05) is 23.7 Å². The summed E-state index contributed by atoms with van der Waals surface area (Å²) in [7, 11) is 0.307. The van der Waals surface area contributed by atoms with Crippen LogP contribution in [0.2, 0.25) is 5.02 Å². The Morgan fingerprint density at radius 3 is 2.41 bits per heavy atom. The van der Waals surface area contributed by atoms with Crippen LogP contribution >= 0.6 is 11.6 Å². The fourth-order valence-corrected chi connectivity index (χ4v) is 3.68. The SMILES string of the molecule is COc1ccccc1NC(=O)C(C)OC(=O)c1ccc(Cl)c(S(=O)(=O)N(C)C)c1. The molecule has 0 bridgehead atoms. The van der Waals surface area contributed by atoms with Gasteiger partial charge in [-0.15, -0.1) is 0 Å². The van der Waals surface area contributed by atoms with Crippen LogP contribution in [-0.4, -0.2) is 51.9 Å². The summed E-state index contributed by atoms with van der Waals surface area (Å²) in [6.45, 7) is 1.40. The molecule has 10 heteroatoms. The van der Waals surface area contributed by atoms with Crippen LogP contribution in [0.5, 0.6) is 5.75 Å². The highest BCUT2D eigenvalue weighted by Crippen LogP contribution is 2.26. The van der Waals surface area contributed by atoms with E-state index in [0.717, 1.165) is 10.4 Å². The average Bonchev–Trinajstić information content (AvgIpc) is 2.68. The van der Waals surface area contributed by atoms with Crippen LogP contribution in [0.4, 0.5) is 5.69 Å². The number of halogens is 1. The van der Waals surface area contributed by atoms with E-state index < -0.39 is 28.0 Å². The van der Waals surface area contributed by atoms with Gasteiger partial charge in [-0.05, 0) is 37.3 Å². The number of amides is 1. The number of hydrogen-bond donors (Lipinski definition) is 1. The Labute approximate surface area is 174 Å². The molecule has 0 aliphatic heterocycles. The van der Waals surface area contributed by atoms with Crippen molar-refractivity contribution in [1.82, 2.24) is 4.31 Å². The summed E-state index contributed by atoms with van der Waals surface area (Å²) in [5, 5.41) is 2.58. The predicted octanol–water partition coefficient (Wildman–Crippen LogP) is 2.78. The van der Waals surface area contributed by atoms with Crippen LogP contribution in [0.25, 0.3) is 0 Å². The van der Waals surface area contributed by atoms with Crippen LogP contribution in [0.3, 0.4) is 0 Å². The molecule has 1 amide bonds. The number of ether oxygens (including phenoxy) is 2. The first-order valence-corrected chi connectivity index (χ1v) is 10.3. The zero-order valence-corrected chi connectivity index (χ0v) is 17.9. The molecule has 1 unspecified atom stereocenters. The van der Waals surface area contributed by atoms with E-state index in [-0.39, 0.29) is 15.5 Å². The number of anilines is 1. The molecule has 0 aromatic heterocycles. The van der Waals surface area contributed by atoms with Crippen molar-refractivity contribution in [2.45, 2.75) is 17.9 Å². The fraction of sp³-hybridized carbons (Fsp3) is 0.263. The summed E-state index contributed by atoms with van der Waals surface area (Å²) in [6, 6.07) is 10.5. The Morgan fingerprint density at radius 1 is 1.14 bits per heavy atom. The molecule has 0 heterocycles. The maximum Gasteiger partial charge on any atom is 0.338 e. The van der Waals surface area contributed by atoms with Gasteiger partial charge in [-0.2, -0.15) is 0 Å². The zero-order chi connectivity index (χ0) is 21.8. The van der Waals surface area contributed by atoms with Gasteiger partial charge >= 0.3 is 5.97 Å². The van der Waals surface area contributed by atoms with Gasteiger partial charge in [0, 0.05) is 14.1 Å². The van der Waals surface area contributed by atoms with E-state index in [1.165, 1.54) is 40.3 Å². The van der Waals surface area contributed by atoms with E-state index in [1.807, 2.05) is 0 Å². The number of benzene rings is 2. The molecule has 0 aliphatic carbocycles. The molecule has 0 radical (unpaired) electrons. The Hall–Kier alpha value is -2.62. The lowest BCUT2D eigenvalue weighted by Crippen LogP contribution is -2.30. The second-order valence-corrected chi connectivity index (χ2v) is 8.70. The van der Waals surface area contributed by atoms with Crippen molar-refractivity contribution in [3.8, 4) is 5.75 Å². The minimum absolute atomic E-state index is 0.0304. The van der Waals surface area contributed by atoms with Crippen LogP contribution in [0, 0.1) is 0 Å². The quantitative estimate of drug-likeness (QED) is 0.664. The largest absolute Gasteiger partial charge is 0.495 e. The molecule has 0 fully saturated rings. The Morgan fingerprint density at radius 2 is 1.79 bits per heavy atom. The third-order valence-electron chi connectivity index (χ3n) is 3.94. The van der Waals surface area contributed by atoms with E-state index in [1.54, 1.807) is 24.3 Å². The summed E-state index contributed by atoms with van der Waals surface area (Å²) in [5.74, 6) is -0.979. The van der Waals surface area contributed by atoms with Crippen LogP contribution in [0.1, 0.15) is 17.3 Å². The van der Waals surface area contributed by atoms with Crippen LogP contribution in [-0.2, 0) is 19.6 Å². The van der Waals surface area contributed by atoms with Crippen LogP contribution < -0.4 is 10.1 Å². The van der Waals surface area contributed by atoms with Gasteiger partial charge in [0.25, 0.3) is 5.91 Å². The number of carbonyl (C=O) groups excluding carboxylic acids is 2. The van der Waals surface area contributed by atoms with E-state index >= 15 is 0 Å². The molecule has 0 aliphatic rings. The van der Waals surface area contributed by atoms with E-state index in [9.17, 15) is 18.0 Å². The highest BCUT2D eigenvalue weighted by molar-refractivity contribution is 7.89. The standard InChI is InChI=1S/C19H21ClN2O6S/c1-12(18(23)21-15-7-5-6-8-16(15)27-4)28-19(24)13-9-10-14(20)17(11-13)29(25,26)22(2)3/h5-12H,1-4H3,(H,21,23). The summed E-state index contributed by atoms with van der Waals surface area (Å²) in [4.78, 5) is 24.5. The summed E-state index contributed by atoms with van der Waals surface area (Å²) in [6.07, 6.45) is -1.14. The first-order valence-electron chi connectivity index (χ1n) is 8.45. The van der Waals surface area contributed by atoms with Crippen molar-refractivity contribution in [2.75, 3.05) is 26.5 Å². The number of sulfonamides is 1. The average molecular weight is 441 g/mol. The number of nitrogens with zero attached hydrogens (tertiary/aromatic N) is 1. The van der Waals surface area contributed by atoms with Gasteiger partial charge in [0.05, 0.1) is 23.4 Å². The highest BCUT2D eigenvalue weighted by atomic mass is 35.5. The first-order chi connectivity index (χ1) is 13.6. The molecule has 1 atom stereocenters. The van der Waals surface area contributed by atoms with Gasteiger partial charge in [0.1, 0.15) is 10.6 Å². The topological polar surface area (TPSA) is 102 Å². The van der Waals surface area contributed by atoms with Crippen molar-refractivity contribution >= 4 is 39.2 Å². The minimum atomic E-state index is -3.86. The van der Waals surface area contributed by atoms with E-state index in [2.05, 4.69) is 5.32 Å². The smallest absolute Gasteiger partial charge is 0.338 e. The molecule has 1 N–H and O–H groups in total. The number of nitrogens with one attached hydrogen (secondary N) is 1. The maximum absolute atomic E-state index is 12.4. The first kappa shape index (κ1) is 22.7. The molecular formula is C19H21ClN2O6S. The van der Waals surface area contributed by atoms with Crippen molar-refractivity contribution in [1.29, 1.82) is 0 Å². The second-order valence-electron chi connectivity index (χ2n) is 6.17. The van der Waals surface area contributed by atoms with E-state index in [0.29, 0.717) is 11.4 Å². The molecule has 29 heavy (non-hydrogen) atoms. The molecule has 156 valence electrons. The lowest BCUT2D eigenvalue weighted by Gasteiger charge is -2.16. The normalized spacial score (nSPS) is 12.3. The third-order valence-corrected chi connectivity index (χ3v) is 6.24. The predicted molar refractivity (Wildman–Crippen MR) is 109 cm³/mol. The summed E-state index contributed by atoms with van der Waals surface area (Å²) in [5.41, 5.74) is 0.375. The molecule has 0 spiro atoms. The van der Waals surface area contributed by atoms with Crippen LogP contribution in [0.15, 0.2) is 47.4 Å². The van der Waals surface area contributed by atoms with Gasteiger partial charge in [0.2, 0.25) is 10.0 Å². The molecule has 2 rings (SSSR count). The molecular weight excluding hydrogens is 420 g/mol. The van der Waals surface area contributed by atoms with Gasteiger partial charge < -0.3 is 14.8 Å². The maximum atomic E-state index is 12.4. The van der Waals surface area contributed by atoms with Gasteiger partial charge in [-0.3, -0.25) is 4.79 Å². The third kappa shape index (κ3) is 5.26. The fourth-order valence-electron chi connectivity index (χ4n) is 2.29. The number of carbonyl (C=O) groups is 2. The Bertz CT molecular complexity index is 1020. The highest BCUT2D eigenvalue weighted by Gasteiger charge is 2.25. The lowest BCUT2D eigenvalue weighted by molar-refractivity contribution is -0.123. The van der Waals surface area contributed by atoms with Crippen molar-refractivity contribution in [3.63, 3.8) is 0 Å². The lowest BCUT2D eigenvalue weighted by atomic mass is 10.2. The molecule has 0 saturated carbocycles. The molecule has 8 nitrogen and oxygen atoms in total. The number of hydrogen-bond acceptors (Lipinski definition) is 6. The van der Waals surface area contributed by atoms with Crippen molar-refractivity contribution in [2.24, 2.45) is 0 Å². The monoisotopic (exact) mass is 440 g/mol. The second kappa shape index (κ2) is 9.25.